The van der Waals surface area contributed by atoms with Gasteiger partial charge >= 0.3 is 0 Å². The van der Waals surface area contributed by atoms with Crippen LogP contribution >= 0.6 is 0 Å². The minimum Gasteiger partial charge on any atom is -0.469 e. The number of carbonyl (C=O) groups excluding carboxylic acids is 2. The molecule has 2 N–H and O–H groups in total. The molecule has 0 unspecified atom stereocenters. The van der Waals surface area contributed by atoms with E-state index in [2.05, 4.69) is 5.32 Å². The standard InChI is InChI=1S/C19H22N2O5/c1-3-21(16-10-25-11-17(16)22)19(24)13-4-6-14(7-5-13)20-18(23)15-8-9-26-12(15)2/h4-9,16-17,22H,3,10-11H2,1-2H3,(H,20,23)/t16-,17-/m0/s1. The number of carbonyl (C=O) groups is 2. The molecule has 1 aliphatic rings. The van der Waals surface area contributed by atoms with Crippen LogP contribution < -0.4 is 5.32 Å². The summed E-state index contributed by atoms with van der Waals surface area (Å²) in [5.74, 6) is 0.104. The number of hydrogen-bond donors (Lipinski definition) is 2. The van der Waals surface area contributed by atoms with Gasteiger partial charge in [0.05, 0.1) is 37.2 Å². The normalized spacial score (nSPS) is 19.3. The van der Waals surface area contributed by atoms with Crippen molar-refractivity contribution in [1.82, 2.24) is 4.90 Å². The summed E-state index contributed by atoms with van der Waals surface area (Å²) < 4.78 is 10.4. The van der Waals surface area contributed by atoms with E-state index in [1.54, 1.807) is 42.2 Å². The highest BCUT2D eigenvalue weighted by molar-refractivity contribution is 6.05. The zero-order chi connectivity index (χ0) is 18.7. The van der Waals surface area contributed by atoms with Gasteiger partial charge in [-0.3, -0.25) is 9.59 Å². The smallest absolute Gasteiger partial charge is 0.259 e. The Morgan fingerprint density at radius 1 is 1.23 bits per heavy atom. The maximum atomic E-state index is 12.7. The Bertz CT molecular complexity index is 783. The fourth-order valence-corrected chi connectivity index (χ4v) is 3.04. The van der Waals surface area contributed by atoms with E-state index in [-0.39, 0.29) is 24.5 Å². The molecule has 1 saturated heterocycles. The van der Waals surface area contributed by atoms with Gasteiger partial charge in [0.2, 0.25) is 0 Å². The summed E-state index contributed by atoms with van der Waals surface area (Å²) in [7, 11) is 0. The van der Waals surface area contributed by atoms with Crippen LogP contribution in [0.1, 0.15) is 33.4 Å². The number of rotatable bonds is 5. The van der Waals surface area contributed by atoms with E-state index >= 15 is 0 Å². The van der Waals surface area contributed by atoms with Crippen molar-refractivity contribution in [3.05, 3.63) is 53.5 Å². The lowest BCUT2D eigenvalue weighted by Crippen LogP contribution is -2.46. The third-order valence-corrected chi connectivity index (χ3v) is 4.52. The fourth-order valence-electron chi connectivity index (χ4n) is 3.04. The van der Waals surface area contributed by atoms with Gasteiger partial charge < -0.3 is 24.5 Å². The summed E-state index contributed by atoms with van der Waals surface area (Å²) in [6.45, 7) is 4.63. The molecular weight excluding hydrogens is 336 g/mol. The third kappa shape index (κ3) is 3.63. The summed E-state index contributed by atoms with van der Waals surface area (Å²) in [5.41, 5.74) is 1.54. The monoisotopic (exact) mass is 358 g/mol. The van der Waals surface area contributed by atoms with Gasteiger partial charge in [0.1, 0.15) is 5.76 Å². The topological polar surface area (TPSA) is 92.0 Å². The lowest BCUT2D eigenvalue weighted by Gasteiger charge is -2.28. The van der Waals surface area contributed by atoms with Crippen LogP contribution in [0.5, 0.6) is 0 Å². The number of aryl methyl sites for hydroxylation is 1. The number of benzene rings is 1. The van der Waals surface area contributed by atoms with E-state index in [9.17, 15) is 14.7 Å². The van der Waals surface area contributed by atoms with Crippen LogP contribution in [-0.2, 0) is 4.74 Å². The van der Waals surface area contributed by atoms with Crippen LogP contribution in [0, 0.1) is 6.92 Å². The summed E-state index contributed by atoms with van der Waals surface area (Å²) in [6.07, 6.45) is 0.794. The molecule has 1 aromatic heterocycles. The molecule has 2 amide bonds. The van der Waals surface area contributed by atoms with Crippen molar-refractivity contribution in [3.63, 3.8) is 0 Å². The van der Waals surface area contributed by atoms with Crippen LogP contribution in [0.15, 0.2) is 41.0 Å². The number of amides is 2. The first-order valence-corrected chi connectivity index (χ1v) is 8.53. The molecule has 7 heteroatoms. The first kappa shape index (κ1) is 18.2. The van der Waals surface area contributed by atoms with Crippen molar-refractivity contribution in [3.8, 4) is 0 Å². The van der Waals surface area contributed by atoms with Crippen molar-refractivity contribution < 1.29 is 23.8 Å². The molecule has 0 bridgehead atoms. The van der Waals surface area contributed by atoms with Crippen molar-refractivity contribution in [2.24, 2.45) is 0 Å². The van der Waals surface area contributed by atoms with Gasteiger partial charge in [-0.25, -0.2) is 0 Å². The average molecular weight is 358 g/mol. The van der Waals surface area contributed by atoms with Gasteiger partial charge in [-0.15, -0.1) is 0 Å². The van der Waals surface area contributed by atoms with Crippen molar-refractivity contribution in [2.45, 2.75) is 26.0 Å². The number of nitrogens with one attached hydrogen (secondary N) is 1. The van der Waals surface area contributed by atoms with Crippen LogP contribution in [0.2, 0.25) is 0 Å². The molecule has 0 saturated carbocycles. The fraction of sp³-hybridized carbons (Fsp3) is 0.368. The zero-order valence-electron chi connectivity index (χ0n) is 14.8. The number of nitrogens with zero attached hydrogens (tertiary/aromatic N) is 1. The second-order valence-corrected chi connectivity index (χ2v) is 6.19. The van der Waals surface area contributed by atoms with Gasteiger partial charge in [0, 0.05) is 17.8 Å². The number of ether oxygens (including phenoxy) is 1. The Kier molecular flexibility index (Phi) is 5.39. The van der Waals surface area contributed by atoms with Crippen molar-refractivity contribution in [2.75, 3.05) is 25.1 Å². The van der Waals surface area contributed by atoms with Gasteiger partial charge in [0.25, 0.3) is 11.8 Å². The third-order valence-electron chi connectivity index (χ3n) is 4.52. The molecule has 1 aromatic carbocycles. The second kappa shape index (κ2) is 7.72. The number of aliphatic hydroxyl groups excluding tert-OH is 1. The van der Waals surface area contributed by atoms with Crippen molar-refractivity contribution in [1.29, 1.82) is 0 Å². The second-order valence-electron chi connectivity index (χ2n) is 6.19. The predicted molar refractivity (Wildman–Crippen MR) is 95.2 cm³/mol. The lowest BCUT2D eigenvalue weighted by molar-refractivity contribution is 0.0520. The highest BCUT2D eigenvalue weighted by Crippen LogP contribution is 2.19. The van der Waals surface area contributed by atoms with Gasteiger partial charge in [-0.05, 0) is 44.2 Å². The number of hydrogen-bond acceptors (Lipinski definition) is 5. The molecule has 1 aliphatic heterocycles. The Morgan fingerprint density at radius 2 is 1.96 bits per heavy atom. The molecule has 26 heavy (non-hydrogen) atoms. The highest BCUT2D eigenvalue weighted by Gasteiger charge is 2.34. The average Bonchev–Trinajstić information content (AvgIpc) is 3.25. The Morgan fingerprint density at radius 3 is 2.50 bits per heavy atom. The Labute approximate surface area is 151 Å². The minimum absolute atomic E-state index is 0.175. The van der Waals surface area contributed by atoms with Crippen LogP contribution in [0.3, 0.4) is 0 Å². The summed E-state index contributed by atoms with van der Waals surface area (Å²) in [5, 5.41) is 12.7. The predicted octanol–water partition coefficient (Wildman–Crippen LogP) is 2.06. The number of aliphatic hydroxyl groups is 1. The molecule has 2 aromatic rings. The first-order chi connectivity index (χ1) is 12.5. The molecular formula is C19H22N2O5. The van der Waals surface area contributed by atoms with Gasteiger partial charge in [0.15, 0.2) is 0 Å². The lowest BCUT2D eigenvalue weighted by atomic mass is 10.1. The molecule has 3 rings (SSSR count). The van der Waals surface area contributed by atoms with E-state index in [0.717, 1.165) is 0 Å². The summed E-state index contributed by atoms with van der Waals surface area (Å²) in [6, 6.07) is 7.94. The van der Waals surface area contributed by atoms with E-state index in [1.807, 2.05) is 6.92 Å². The number of furan rings is 1. The van der Waals surface area contributed by atoms with Crippen LogP contribution in [0.4, 0.5) is 5.69 Å². The SMILES string of the molecule is CCN(C(=O)c1ccc(NC(=O)c2ccoc2C)cc1)[C@H]1COC[C@@H]1O. The summed E-state index contributed by atoms with van der Waals surface area (Å²) >= 11 is 0. The van der Waals surface area contributed by atoms with E-state index in [4.69, 9.17) is 9.15 Å². The molecule has 0 spiro atoms. The maximum Gasteiger partial charge on any atom is 0.259 e. The molecule has 0 aliphatic carbocycles. The van der Waals surface area contributed by atoms with Crippen molar-refractivity contribution >= 4 is 17.5 Å². The highest BCUT2D eigenvalue weighted by atomic mass is 16.5. The molecule has 7 nitrogen and oxygen atoms in total. The number of likely N-dealkylation sites (N-methyl/N-ethyl adjacent to an activating group) is 1. The van der Waals surface area contributed by atoms with E-state index in [1.165, 1.54) is 6.26 Å². The Balaban J connectivity index is 1.69. The van der Waals surface area contributed by atoms with E-state index < -0.39 is 6.10 Å². The molecule has 2 heterocycles. The quantitative estimate of drug-likeness (QED) is 0.854. The molecule has 0 radical (unpaired) electrons. The zero-order valence-corrected chi connectivity index (χ0v) is 14.8. The minimum atomic E-state index is -0.671. The molecule has 2 atom stereocenters. The largest absolute Gasteiger partial charge is 0.469 e. The first-order valence-electron chi connectivity index (χ1n) is 8.53. The van der Waals surface area contributed by atoms with Gasteiger partial charge in [-0.2, -0.15) is 0 Å². The van der Waals surface area contributed by atoms with Crippen LogP contribution in [0.25, 0.3) is 0 Å². The van der Waals surface area contributed by atoms with Gasteiger partial charge in [-0.1, -0.05) is 0 Å². The number of anilines is 1. The molecule has 1 fully saturated rings. The Hall–Kier alpha value is -2.64. The van der Waals surface area contributed by atoms with E-state index in [0.29, 0.717) is 35.7 Å². The maximum absolute atomic E-state index is 12.7. The molecule has 138 valence electrons. The summed E-state index contributed by atoms with van der Waals surface area (Å²) in [4.78, 5) is 26.5. The van der Waals surface area contributed by atoms with Crippen LogP contribution in [-0.4, -0.2) is 53.7 Å².